The largest absolute Gasteiger partial charge is 0.466 e. The van der Waals surface area contributed by atoms with Crippen LogP contribution in [0.3, 0.4) is 0 Å². The lowest BCUT2D eigenvalue weighted by molar-refractivity contribution is -0.166. The normalized spacial score (nSPS) is 13.6. The van der Waals surface area contributed by atoms with E-state index in [0.29, 0.717) is 0 Å². The number of aromatic nitrogens is 3. The Labute approximate surface area is 122 Å². The first-order valence-corrected chi connectivity index (χ1v) is 6.37. The van der Waals surface area contributed by atoms with E-state index in [4.69, 9.17) is 4.74 Å². The predicted molar refractivity (Wildman–Crippen MR) is 72.1 cm³/mol. The van der Waals surface area contributed by atoms with Crippen molar-refractivity contribution in [3.05, 3.63) is 24.3 Å². The smallest absolute Gasteiger partial charge is 0.351 e. The fraction of sp³-hybridized carbons (Fsp3) is 0.538. The number of ether oxygens (including phenoxy) is 2. The molecule has 0 saturated carbocycles. The van der Waals surface area contributed by atoms with Gasteiger partial charge >= 0.3 is 11.9 Å². The zero-order valence-corrected chi connectivity index (χ0v) is 12.5. The van der Waals surface area contributed by atoms with Gasteiger partial charge < -0.3 is 14.6 Å². The molecule has 116 valence electrons. The summed E-state index contributed by atoms with van der Waals surface area (Å²) in [6.07, 6.45) is 1.17. The van der Waals surface area contributed by atoms with Crippen LogP contribution in [0.1, 0.15) is 32.6 Å². The van der Waals surface area contributed by atoms with Gasteiger partial charge in [-0.1, -0.05) is 6.58 Å². The summed E-state index contributed by atoms with van der Waals surface area (Å²) in [4.78, 5) is 27.8. The van der Waals surface area contributed by atoms with E-state index in [0.717, 1.165) is 7.11 Å². The second kappa shape index (κ2) is 6.49. The number of hydrogen-bond acceptors (Lipinski definition) is 7. The van der Waals surface area contributed by atoms with Crippen LogP contribution >= 0.6 is 0 Å². The molecule has 0 radical (unpaired) electrons. The number of aliphatic hydroxyl groups is 1. The zero-order valence-electron chi connectivity index (χ0n) is 12.5. The highest BCUT2D eigenvalue weighted by Gasteiger charge is 2.50. The van der Waals surface area contributed by atoms with Crippen LogP contribution in [-0.4, -0.2) is 45.5 Å². The lowest BCUT2D eigenvalue weighted by atomic mass is 9.93. The summed E-state index contributed by atoms with van der Waals surface area (Å²) in [5, 5.41) is 14.7. The third-order valence-electron chi connectivity index (χ3n) is 2.83. The quantitative estimate of drug-likeness (QED) is 0.596. The second-order valence-electron chi connectivity index (χ2n) is 4.52. The number of methoxy groups -OCH3 is 1. The summed E-state index contributed by atoms with van der Waals surface area (Å²) < 4.78 is 10.7. The summed E-state index contributed by atoms with van der Waals surface area (Å²) in [5.41, 5.74) is -2.94. The molecule has 21 heavy (non-hydrogen) atoms. The molecule has 1 aromatic rings. The van der Waals surface area contributed by atoms with Crippen LogP contribution in [0.15, 0.2) is 18.5 Å². The maximum Gasteiger partial charge on any atom is 0.351 e. The Balaban J connectivity index is 3.44. The van der Waals surface area contributed by atoms with Crippen molar-refractivity contribution in [2.45, 2.75) is 32.4 Å². The minimum Gasteiger partial charge on any atom is -0.466 e. The van der Waals surface area contributed by atoms with Gasteiger partial charge in [0.25, 0.3) is 5.60 Å². The van der Waals surface area contributed by atoms with Gasteiger partial charge in [-0.2, -0.15) is 5.10 Å². The highest BCUT2D eigenvalue weighted by Crippen LogP contribution is 2.30. The van der Waals surface area contributed by atoms with Crippen LogP contribution in [-0.2, 0) is 24.7 Å². The molecule has 0 spiro atoms. The summed E-state index contributed by atoms with van der Waals surface area (Å²) in [5.74, 6) is -2.15. The van der Waals surface area contributed by atoms with Gasteiger partial charge in [0.1, 0.15) is 6.33 Å². The second-order valence-corrected chi connectivity index (χ2v) is 4.52. The van der Waals surface area contributed by atoms with Gasteiger partial charge in [0.15, 0.2) is 5.82 Å². The monoisotopic (exact) mass is 297 g/mol. The number of carbonyl (C=O) groups is 2. The van der Waals surface area contributed by atoms with E-state index in [9.17, 15) is 14.7 Å². The Bertz CT molecular complexity index is 552. The molecular formula is C13H19N3O5. The van der Waals surface area contributed by atoms with E-state index >= 15 is 0 Å². The first-order valence-electron chi connectivity index (χ1n) is 6.37. The Hall–Kier alpha value is -2.22. The van der Waals surface area contributed by atoms with Crippen molar-refractivity contribution in [3.63, 3.8) is 0 Å². The van der Waals surface area contributed by atoms with Gasteiger partial charge in [-0.15, -0.1) is 0 Å². The van der Waals surface area contributed by atoms with Crippen molar-refractivity contribution < 1.29 is 24.2 Å². The van der Waals surface area contributed by atoms with Gasteiger partial charge in [0, 0.05) is 6.04 Å². The molecule has 0 aromatic carbocycles. The molecule has 0 saturated heterocycles. The third-order valence-corrected chi connectivity index (χ3v) is 2.83. The molecule has 0 bridgehead atoms. The fourth-order valence-corrected chi connectivity index (χ4v) is 1.74. The van der Waals surface area contributed by atoms with Crippen LogP contribution in [0.5, 0.6) is 0 Å². The molecule has 0 aliphatic carbocycles. The van der Waals surface area contributed by atoms with Crippen LogP contribution in [0.4, 0.5) is 0 Å². The van der Waals surface area contributed by atoms with Crippen LogP contribution in [0.2, 0.25) is 0 Å². The van der Waals surface area contributed by atoms with Crippen LogP contribution in [0.25, 0.3) is 0 Å². The van der Waals surface area contributed by atoms with E-state index in [2.05, 4.69) is 21.4 Å². The van der Waals surface area contributed by atoms with E-state index < -0.39 is 23.1 Å². The van der Waals surface area contributed by atoms with Crippen LogP contribution < -0.4 is 0 Å². The SMILES string of the molecule is C=C(C(=O)OC)C(O)(C(=O)OCC)c1ncnn1C(C)C. The molecule has 1 rings (SSSR count). The van der Waals surface area contributed by atoms with Gasteiger partial charge in [-0.3, -0.25) is 0 Å². The first-order chi connectivity index (χ1) is 9.80. The molecular weight excluding hydrogens is 278 g/mol. The Morgan fingerprint density at radius 2 is 2.14 bits per heavy atom. The van der Waals surface area contributed by atoms with Gasteiger partial charge in [-0.05, 0) is 20.8 Å². The standard InChI is InChI=1S/C13H19N3O5/c1-6-21-12(18)13(19,9(4)10(17)20-5)11-14-7-15-16(11)8(2)3/h7-8,19H,4,6H2,1-3,5H3. The molecule has 1 atom stereocenters. The summed E-state index contributed by atoms with van der Waals surface area (Å²) in [6, 6.07) is -0.200. The van der Waals surface area contributed by atoms with Crippen molar-refractivity contribution in [2.75, 3.05) is 13.7 Å². The molecule has 1 unspecified atom stereocenters. The van der Waals surface area contributed by atoms with E-state index in [1.54, 1.807) is 20.8 Å². The third kappa shape index (κ3) is 2.94. The number of hydrogen-bond donors (Lipinski definition) is 1. The maximum atomic E-state index is 12.2. The highest BCUT2D eigenvalue weighted by atomic mass is 16.6. The van der Waals surface area contributed by atoms with Gasteiger partial charge in [0.05, 0.1) is 19.3 Å². The van der Waals surface area contributed by atoms with Crippen molar-refractivity contribution >= 4 is 11.9 Å². The lowest BCUT2D eigenvalue weighted by Crippen LogP contribution is -2.44. The predicted octanol–water partition coefficient (Wildman–Crippen LogP) is 0.339. The maximum absolute atomic E-state index is 12.2. The van der Waals surface area contributed by atoms with Gasteiger partial charge in [0.2, 0.25) is 0 Å². The fourth-order valence-electron chi connectivity index (χ4n) is 1.74. The molecule has 1 aromatic heterocycles. The molecule has 8 heteroatoms. The molecule has 1 N–H and O–H groups in total. The highest BCUT2D eigenvalue weighted by molar-refractivity contribution is 5.99. The number of esters is 2. The molecule has 0 fully saturated rings. The van der Waals surface area contributed by atoms with Crippen molar-refractivity contribution in [3.8, 4) is 0 Å². The number of nitrogens with zero attached hydrogens (tertiary/aromatic N) is 3. The Morgan fingerprint density at radius 1 is 1.52 bits per heavy atom. The first kappa shape index (κ1) is 16.8. The van der Waals surface area contributed by atoms with E-state index in [1.165, 1.54) is 11.0 Å². The summed E-state index contributed by atoms with van der Waals surface area (Å²) in [6.45, 7) is 8.61. The number of carbonyl (C=O) groups excluding carboxylic acids is 2. The Morgan fingerprint density at radius 3 is 2.62 bits per heavy atom. The van der Waals surface area contributed by atoms with E-state index in [-0.39, 0.29) is 18.5 Å². The number of rotatable bonds is 6. The van der Waals surface area contributed by atoms with E-state index in [1.807, 2.05) is 0 Å². The topological polar surface area (TPSA) is 104 Å². The molecule has 8 nitrogen and oxygen atoms in total. The lowest BCUT2D eigenvalue weighted by Gasteiger charge is -2.26. The van der Waals surface area contributed by atoms with Crippen LogP contribution in [0, 0.1) is 0 Å². The Kier molecular flexibility index (Phi) is 5.20. The molecule has 0 aliphatic rings. The minimum atomic E-state index is -2.45. The molecule has 0 amide bonds. The average Bonchev–Trinajstić information content (AvgIpc) is 2.94. The summed E-state index contributed by atoms with van der Waals surface area (Å²) >= 11 is 0. The van der Waals surface area contributed by atoms with Crippen molar-refractivity contribution in [1.82, 2.24) is 14.8 Å². The zero-order chi connectivity index (χ0) is 16.2. The molecule has 1 heterocycles. The van der Waals surface area contributed by atoms with Gasteiger partial charge in [-0.25, -0.2) is 19.3 Å². The van der Waals surface area contributed by atoms with Crippen molar-refractivity contribution in [1.29, 1.82) is 0 Å². The molecule has 0 aliphatic heterocycles. The minimum absolute atomic E-state index is 0.0193. The van der Waals surface area contributed by atoms with Crippen molar-refractivity contribution in [2.24, 2.45) is 0 Å². The average molecular weight is 297 g/mol. The summed E-state index contributed by atoms with van der Waals surface area (Å²) in [7, 11) is 1.12.